The fraction of sp³-hybridized carbons (Fsp3) is 0.385. The number of hydrogen-bond donors (Lipinski definition) is 1. The van der Waals surface area contributed by atoms with Gasteiger partial charge in [0.05, 0.1) is 18.2 Å². The summed E-state index contributed by atoms with van der Waals surface area (Å²) in [6.07, 6.45) is -8.39. The maximum Gasteiger partial charge on any atom is 0.421 e. The van der Waals surface area contributed by atoms with Crippen LogP contribution < -0.4 is 15.3 Å². The summed E-state index contributed by atoms with van der Waals surface area (Å²) in [6, 6.07) is 12.1. The van der Waals surface area contributed by atoms with E-state index in [2.05, 4.69) is 15.3 Å². The van der Waals surface area contributed by atoms with Crippen molar-refractivity contribution in [2.45, 2.75) is 24.8 Å². The van der Waals surface area contributed by atoms with Crippen LogP contribution in [-0.2, 0) is 17.2 Å². The lowest BCUT2D eigenvalue weighted by Gasteiger charge is -2.35. The Morgan fingerprint density at radius 2 is 1.59 bits per heavy atom. The van der Waals surface area contributed by atoms with E-state index in [4.69, 9.17) is 4.84 Å². The quantitative estimate of drug-likeness (QED) is 0.396. The normalized spacial score (nSPS) is 19.0. The highest BCUT2D eigenvalue weighted by Gasteiger charge is 2.41. The first-order valence-corrected chi connectivity index (χ1v) is 12.3. The van der Waals surface area contributed by atoms with E-state index in [9.17, 15) is 26.3 Å². The molecule has 2 aliphatic rings. The van der Waals surface area contributed by atoms with Crippen LogP contribution in [0.4, 0.5) is 49.5 Å². The van der Waals surface area contributed by atoms with E-state index in [1.54, 1.807) is 35.2 Å². The first-order chi connectivity index (χ1) is 18.5. The minimum atomic E-state index is -4.78. The highest BCUT2D eigenvalue weighted by molar-refractivity contribution is 5.66. The monoisotopic (exact) mass is 552 g/mol. The van der Waals surface area contributed by atoms with Crippen molar-refractivity contribution in [2.75, 3.05) is 55.1 Å². The molecule has 13 heteroatoms. The highest BCUT2D eigenvalue weighted by atomic mass is 19.4. The molecule has 2 fully saturated rings. The SMILES string of the molecule is CN1CCN(c2ccc(Nc3ncc(C(F)(F)F)c(N4OCCC4c4ccccc4)n3)cc2C(F)(F)F)CC1. The van der Waals surface area contributed by atoms with Gasteiger partial charge in [0, 0.05) is 50.2 Å². The molecule has 39 heavy (non-hydrogen) atoms. The molecule has 7 nitrogen and oxygen atoms in total. The summed E-state index contributed by atoms with van der Waals surface area (Å²) in [6.45, 7) is 2.31. The Morgan fingerprint density at radius 3 is 2.26 bits per heavy atom. The Labute approximate surface area is 221 Å². The smallest absolute Gasteiger partial charge is 0.368 e. The molecular weight excluding hydrogens is 526 g/mol. The van der Waals surface area contributed by atoms with Gasteiger partial charge in [-0.1, -0.05) is 30.3 Å². The van der Waals surface area contributed by atoms with Crippen LogP contribution in [0.1, 0.15) is 29.2 Å². The molecule has 1 N–H and O–H groups in total. The number of hydroxylamine groups is 1. The summed E-state index contributed by atoms with van der Waals surface area (Å²) in [5.74, 6) is -0.808. The predicted molar refractivity (Wildman–Crippen MR) is 134 cm³/mol. The van der Waals surface area contributed by atoms with Gasteiger partial charge >= 0.3 is 12.4 Å². The van der Waals surface area contributed by atoms with Crippen molar-refractivity contribution in [1.29, 1.82) is 0 Å². The largest absolute Gasteiger partial charge is 0.421 e. The van der Waals surface area contributed by atoms with Gasteiger partial charge in [0.2, 0.25) is 5.95 Å². The van der Waals surface area contributed by atoms with E-state index in [0.29, 0.717) is 38.8 Å². The molecule has 5 rings (SSSR count). The van der Waals surface area contributed by atoms with Gasteiger partial charge in [0.25, 0.3) is 0 Å². The molecule has 0 bridgehead atoms. The molecule has 2 aromatic carbocycles. The van der Waals surface area contributed by atoms with Gasteiger partial charge in [-0.05, 0) is 30.8 Å². The van der Waals surface area contributed by atoms with Crippen molar-refractivity contribution in [2.24, 2.45) is 0 Å². The van der Waals surface area contributed by atoms with Crippen LogP contribution in [0.3, 0.4) is 0 Å². The molecule has 3 heterocycles. The Balaban J connectivity index is 1.48. The number of likely N-dealkylation sites (N-methyl/N-ethyl adjacent to an activating group) is 1. The van der Waals surface area contributed by atoms with Crippen LogP contribution in [0.25, 0.3) is 0 Å². The first-order valence-electron chi connectivity index (χ1n) is 12.3. The maximum atomic E-state index is 14.0. The average Bonchev–Trinajstić information content (AvgIpc) is 3.39. The number of nitrogens with one attached hydrogen (secondary N) is 1. The van der Waals surface area contributed by atoms with Crippen molar-refractivity contribution >= 4 is 23.1 Å². The maximum absolute atomic E-state index is 14.0. The molecule has 0 saturated carbocycles. The van der Waals surface area contributed by atoms with Gasteiger partial charge in [-0.2, -0.15) is 31.3 Å². The van der Waals surface area contributed by atoms with Gasteiger partial charge in [0.1, 0.15) is 5.56 Å². The van der Waals surface area contributed by atoms with E-state index in [1.807, 2.05) is 11.9 Å². The van der Waals surface area contributed by atoms with E-state index in [0.717, 1.165) is 16.7 Å². The van der Waals surface area contributed by atoms with Gasteiger partial charge < -0.3 is 15.1 Å². The Bertz CT molecular complexity index is 1290. The van der Waals surface area contributed by atoms with E-state index < -0.39 is 35.3 Å². The number of anilines is 4. The van der Waals surface area contributed by atoms with E-state index >= 15 is 0 Å². The van der Waals surface area contributed by atoms with E-state index in [1.165, 1.54) is 12.1 Å². The summed E-state index contributed by atoms with van der Waals surface area (Å²) in [5, 5.41) is 3.75. The minimum Gasteiger partial charge on any atom is -0.368 e. The fourth-order valence-corrected chi connectivity index (χ4v) is 4.75. The van der Waals surface area contributed by atoms with Crippen LogP contribution in [0.15, 0.2) is 54.7 Å². The summed E-state index contributed by atoms with van der Waals surface area (Å²) in [7, 11) is 1.91. The number of aromatic nitrogens is 2. The van der Waals surface area contributed by atoms with Gasteiger partial charge in [-0.25, -0.2) is 10.0 Å². The van der Waals surface area contributed by atoms with Gasteiger partial charge in [-0.3, -0.25) is 4.84 Å². The number of benzene rings is 2. The number of nitrogens with zero attached hydrogens (tertiary/aromatic N) is 5. The number of hydrogen-bond acceptors (Lipinski definition) is 7. The molecular formula is C26H26F6N6O. The number of halogens is 6. The lowest BCUT2D eigenvalue weighted by Crippen LogP contribution is -2.45. The molecule has 1 aromatic heterocycles. The number of rotatable bonds is 5. The fourth-order valence-electron chi connectivity index (χ4n) is 4.75. The van der Waals surface area contributed by atoms with Crippen LogP contribution in [0.2, 0.25) is 0 Å². The minimum absolute atomic E-state index is 0.00661. The van der Waals surface area contributed by atoms with Crippen LogP contribution >= 0.6 is 0 Å². The Hall–Kier alpha value is -3.58. The molecule has 1 atom stereocenters. The van der Waals surface area contributed by atoms with Crippen molar-refractivity contribution in [3.05, 3.63) is 71.4 Å². The summed E-state index contributed by atoms with van der Waals surface area (Å²) in [5.41, 5.74) is -1.18. The molecule has 3 aromatic rings. The van der Waals surface area contributed by atoms with Crippen LogP contribution in [0, 0.1) is 0 Å². The molecule has 2 saturated heterocycles. The lowest BCUT2D eigenvalue weighted by atomic mass is 10.0. The zero-order chi connectivity index (χ0) is 27.8. The molecule has 1 unspecified atom stereocenters. The molecule has 0 radical (unpaired) electrons. The topological polar surface area (TPSA) is 56.8 Å². The molecule has 0 spiro atoms. The Morgan fingerprint density at radius 1 is 0.897 bits per heavy atom. The number of alkyl halides is 6. The molecule has 208 valence electrons. The molecule has 2 aliphatic heterocycles. The van der Waals surface area contributed by atoms with Crippen LogP contribution in [-0.4, -0.2) is 54.7 Å². The predicted octanol–water partition coefficient (Wildman–Crippen LogP) is 5.89. The highest BCUT2D eigenvalue weighted by Crippen LogP contribution is 2.42. The molecule has 0 amide bonds. The van der Waals surface area contributed by atoms with Crippen molar-refractivity contribution < 1.29 is 31.2 Å². The van der Waals surface area contributed by atoms with Gasteiger partial charge in [-0.15, -0.1) is 0 Å². The number of piperazine rings is 1. The van der Waals surface area contributed by atoms with E-state index in [-0.39, 0.29) is 23.9 Å². The lowest BCUT2D eigenvalue weighted by molar-refractivity contribution is -0.138. The van der Waals surface area contributed by atoms with Crippen molar-refractivity contribution in [3.8, 4) is 0 Å². The third-order valence-corrected chi connectivity index (χ3v) is 6.77. The van der Waals surface area contributed by atoms with Gasteiger partial charge in [0.15, 0.2) is 5.82 Å². The second-order valence-corrected chi connectivity index (χ2v) is 9.45. The summed E-state index contributed by atoms with van der Waals surface area (Å²) < 4.78 is 83.7. The van der Waals surface area contributed by atoms with Crippen molar-refractivity contribution in [1.82, 2.24) is 14.9 Å². The average molecular weight is 553 g/mol. The first kappa shape index (κ1) is 27.0. The third-order valence-electron chi connectivity index (χ3n) is 6.77. The Kier molecular flexibility index (Phi) is 7.29. The molecule has 0 aliphatic carbocycles. The van der Waals surface area contributed by atoms with Crippen molar-refractivity contribution in [3.63, 3.8) is 0 Å². The second-order valence-electron chi connectivity index (χ2n) is 9.45. The van der Waals surface area contributed by atoms with Crippen LogP contribution in [0.5, 0.6) is 0 Å². The third kappa shape index (κ3) is 5.88. The zero-order valence-corrected chi connectivity index (χ0v) is 20.9. The zero-order valence-electron chi connectivity index (χ0n) is 20.9. The standard InChI is InChI=1S/C26H26F6N6O/c1-36-10-12-37(13-11-36)22-8-7-18(15-19(22)25(27,28)29)34-24-33-16-20(26(30,31)32)23(35-24)38-21(9-14-39-38)17-5-3-2-4-6-17/h2-8,15-16,21H,9-14H2,1H3,(H,33,34,35). The second kappa shape index (κ2) is 10.5. The summed E-state index contributed by atoms with van der Waals surface area (Å²) >= 11 is 0. The summed E-state index contributed by atoms with van der Waals surface area (Å²) in [4.78, 5) is 17.1.